The summed E-state index contributed by atoms with van der Waals surface area (Å²) < 4.78 is 6.73. The van der Waals surface area contributed by atoms with Gasteiger partial charge in [-0.25, -0.2) is 9.78 Å². The number of amides is 1. The van der Waals surface area contributed by atoms with Crippen LogP contribution in [0.3, 0.4) is 0 Å². The summed E-state index contributed by atoms with van der Waals surface area (Å²) in [6.45, 7) is 4.25. The Morgan fingerprint density at radius 3 is 2.74 bits per heavy atom. The van der Waals surface area contributed by atoms with E-state index >= 15 is 0 Å². The van der Waals surface area contributed by atoms with E-state index in [1.807, 2.05) is 35.2 Å². The smallest absolute Gasteiger partial charge is 0.410 e. The Morgan fingerprint density at radius 2 is 1.90 bits per heavy atom. The molecular formula is C24H26N4O2S. The molecule has 0 spiro atoms. The second kappa shape index (κ2) is 8.69. The maximum atomic E-state index is 12.7. The van der Waals surface area contributed by atoms with Crippen LogP contribution >= 0.6 is 11.3 Å². The first-order chi connectivity index (χ1) is 15.2. The van der Waals surface area contributed by atoms with Crippen LogP contribution < -0.4 is 0 Å². The molecule has 31 heavy (non-hydrogen) atoms. The second-order valence-corrected chi connectivity index (χ2v) is 9.28. The van der Waals surface area contributed by atoms with Gasteiger partial charge in [-0.3, -0.25) is 4.90 Å². The van der Waals surface area contributed by atoms with Crippen molar-refractivity contribution in [3.05, 3.63) is 76.4 Å². The fraction of sp³-hybridized carbons (Fsp3) is 0.333. The van der Waals surface area contributed by atoms with E-state index in [0.717, 1.165) is 41.4 Å². The molecule has 2 aromatic carbocycles. The van der Waals surface area contributed by atoms with Crippen LogP contribution in [0.15, 0.2) is 65.9 Å². The van der Waals surface area contributed by atoms with Crippen molar-refractivity contribution in [1.82, 2.24) is 19.7 Å². The highest BCUT2D eigenvalue weighted by Gasteiger charge is 2.30. The van der Waals surface area contributed by atoms with Crippen LogP contribution in [0.5, 0.6) is 0 Å². The summed E-state index contributed by atoms with van der Waals surface area (Å²) in [7, 11) is 2.15. The lowest BCUT2D eigenvalue weighted by Gasteiger charge is -2.42. The van der Waals surface area contributed by atoms with E-state index in [1.165, 1.54) is 16.8 Å². The molecule has 7 heteroatoms. The Morgan fingerprint density at radius 1 is 1.10 bits per heavy atom. The van der Waals surface area contributed by atoms with E-state index in [9.17, 15) is 4.79 Å². The number of carbonyl (C=O) groups is 1. The van der Waals surface area contributed by atoms with E-state index in [1.54, 1.807) is 11.3 Å². The molecule has 0 atom stereocenters. The number of hydrogen-bond acceptors (Lipinski definition) is 6. The molecule has 0 aliphatic carbocycles. The van der Waals surface area contributed by atoms with E-state index in [2.05, 4.69) is 46.1 Å². The zero-order valence-electron chi connectivity index (χ0n) is 17.7. The number of para-hydroxylation sites is 1. The molecule has 1 aromatic heterocycles. The highest BCUT2D eigenvalue weighted by Crippen LogP contribution is 2.27. The first-order valence-electron chi connectivity index (χ1n) is 10.6. The summed E-state index contributed by atoms with van der Waals surface area (Å²) in [6.07, 6.45) is 0.620. The van der Waals surface area contributed by atoms with Crippen LogP contribution in [0.2, 0.25) is 0 Å². The Labute approximate surface area is 186 Å². The minimum Gasteiger partial charge on any atom is -0.442 e. The third-order valence-corrected chi connectivity index (χ3v) is 6.87. The van der Waals surface area contributed by atoms with Gasteiger partial charge < -0.3 is 14.5 Å². The van der Waals surface area contributed by atoms with E-state index in [-0.39, 0.29) is 12.7 Å². The summed E-state index contributed by atoms with van der Waals surface area (Å²) in [5.41, 5.74) is 4.95. The lowest BCUT2D eigenvalue weighted by Crippen LogP contribution is -2.48. The summed E-state index contributed by atoms with van der Waals surface area (Å²) in [5.74, 6) is 0. The van der Waals surface area contributed by atoms with Crippen LogP contribution in [0.4, 0.5) is 4.79 Å². The van der Waals surface area contributed by atoms with Crippen molar-refractivity contribution in [3.63, 3.8) is 0 Å². The Bertz CT molecular complexity index is 1080. The highest BCUT2D eigenvalue weighted by molar-refractivity contribution is 7.18. The van der Waals surface area contributed by atoms with Gasteiger partial charge in [-0.15, -0.1) is 11.3 Å². The van der Waals surface area contributed by atoms with E-state index in [0.29, 0.717) is 13.1 Å². The van der Waals surface area contributed by atoms with Gasteiger partial charge in [0, 0.05) is 45.3 Å². The highest BCUT2D eigenvalue weighted by atomic mass is 32.1. The number of ether oxygens (including phenoxy) is 1. The third-order valence-electron chi connectivity index (χ3n) is 5.86. The molecule has 2 aliphatic heterocycles. The molecule has 1 amide bonds. The van der Waals surface area contributed by atoms with Crippen molar-refractivity contribution in [2.45, 2.75) is 19.6 Å². The third kappa shape index (κ3) is 4.43. The SMILES string of the molecule is CN1CN(Cc2ccccc2)CC2=C1CCN(C(=O)OCc1nc3ccccc3s1)C2. The van der Waals surface area contributed by atoms with Crippen molar-refractivity contribution in [2.24, 2.45) is 0 Å². The zero-order valence-corrected chi connectivity index (χ0v) is 18.5. The number of benzene rings is 2. The molecule has 0 radical (unpaired) electrons. The Balaban J connectivity index is 1.20. The number of rotatable bonds is 4. The number of thiazole rings is 1. The van der Waals surface area contributed by atoms with Crippen molar-refractivity contribution >= 4 is 27.6 Å². The Kier molecular flexibility index (Phi) is 5.61. The van der Waals surface area contributed by atoms with Gasteiger partial charge in [0.15, 0.2) is 0 Å². The average molecular weight is 435 g/mol. The fourth-order valence-corrected chi connectivity index (χ4v) is 5.31. The molecule has 3 aromatic rings. The maximum absolute atomic E-state index is 12.7. The molecule has 2 aliphatic rings. The van der Waals surface area contributed by atoms with Crippen LogP contribution in [0.1, 0.15) is 17.0 Å². The van der Waals surface area contributed by atoms with Crippen molar-refractivity contribution in [2.75, 3.05) is 33.4 Å². The van der Waals surface area contributed by atoms with Crippen molar-refractivity contribution in [3.8, 4) is 0 Å². The minimum atomic E-state index is -0.256. The lowest BCUT2D eigenvalue weighted by atomic mass is 10.0. The normalized spacial score (nSPS) is 17.2. The standard InChI is InChI=1S/C24H26N4O2S/c1-26-17-27(13-18-7-3-2-4-8-18)14-19-15-28(12-11-21(19)26)24(29)30-16-23-25-20-9-5-6-10-22(20)31-23/h2-10H,11-17H2,1H3. The molecule has 0 unspecified atom stereocenters. The molecule has 5 rings (SSSR count). The summed E-state index contributed by atoms with van der Waals surface area (Å²) in [4.78, 5) is 23.9. The van der Waals surface area contributed by atoms with Gasteiger partial charge in [0.1, 0.15) is 11.6 Å². The molecule has 0 saturated carbocycles. The van der Waals surface area contributed by atoms with Crippen LogP contribution in [-0.4, -0.2) is 59.1 Å². The molecule has 0 N–H and O–H groups in total. The molecule has 6 nitrogen and oxygen atoms in total. The van der Waals surface area contributed by atoms with Crippen LogP contribution in [0.25, 0.3) is 10.2 Å². The van der Waals surface area contributed by atoms with Gasteiger partial charge in [0.25, 0.3) is 0 Å². The maximum Gasteiger partial charge on any atom is 0.410 e. The van der Waals surface area contributed by atoms with Gasteiger partial charge in [0.2, 0.25) is 0 Å². The van der Waals surface area contributed by atoms with Crippen LogP contribution in [0, 0.1) is 0 Å². The number of fused-ring (bicyclic) bond motifs is 1. The van der Waals surface area contributed by atoms with E-state index in [4.69, 9.17) is 4.74 Å². The van der Waals surface area contributed by atoms with E-state index < -0.39 is 0 Å². The molecule has 0 fully saturated rings. The largest absolute Gasteiger partial charge is 0.442 e. The monoisotopic (exact) mass is 434 g/mol. The minimum absolute atomic E-state index is 0.223. The van der Waals surface area contributed by atoms with Gasteiger partial charge in [-0.2, -0.15) is 0 Å². The first kappa shape index (κ1) is 20.0. The predicted octanol–water partition coefficient (Wildman–Crippen LogP) is 4.30. The topological polar surface area (TPSA) is 48.9 Å². The molecule has 0 bridgehead atoms. The van der Waals surface area contributed by atoms with Crippen molar-refractivity contribution < 1.29 is 9.53 Å². The Hall–Kier alpha value is -2.90. The number of aromatic nitrogens is 1. The molecular weight excluding hydrogens is 408 g/mol. The number of carbonyl (C=O) groups excluding carboxylic acids is 1. The van der Waals surface area contributed by atoms with Crippen LogP contribution in [-0.2, 0) is 17.9 Å². The van der Waals surface area contributed by atoms with Crippen molar-refractivity contribution in [1.29, 1.82) is 0 Å². The number of nitrogens with zero attached hydrogens (tertiary/aromatic N) is 4. The fourth-order valence-electron chi connectivity index (χ4n) is 4.43. The molecule has 160 valence electrons. The van der Waals surface area contributed by atoms with Gasteiger partial charge in [-0.1, -0.05) is 42.5 Å². The predicted molar refractivity (Wildman–Crippen MR) is 123 cm³/mol. The molecule has 0 saturated heterocycles. The first-order valence-corrected chi connectivity index (χ1v) is 11.4. The average Bonchev–Trinajstić information content (AvgIpc) is 3.21. The summed E-state index contributed by atoms with van der Waals surface area (Å²) in [6, 6.07) is 18.5. The second-order valence-electron chi connectivity index (χ2n) is 8.16. The van der Waals surface area contributed by atoms with Gasteiger partial charge in [0.05, 0.1) is 16.9 Å². The zero-order chi connectivity index (χ0) is 21.2. The molecule has 3 heterocycles. The summed E-state index contributed by atoms with van der Waals surface area (Å²) in [5, 5.41) is 0.831. The summed E-state index contributed by atoms with van der Waals surface area (Å²) >= 11 is 1.58. The van der Waals surface area contributed by atoms with Gasteiger partial charge in [-0.05, 0) is 23.3 Å². The number of hydrogen-bond donors (Lipinski definition) is 0. The quantitative estimate of drug-likeness (QED) is 0.613. The van der Waals surface area contributed by atoms with Gasteiger partial charge >= 0.3 is 6.09 Å². The lowest BCUT2D eigenvalue weighted by molar-refractivity contribution is 0.0871.